The molecule has 0 spiro atoms. The monoisotopic (exact) mass is 321 g/mol. The molecule has 2 heterocycles. The summed E-state index contributed by atoms with van der Waals surface area (Å²) in [6.45, 7) is 2.28. The van der Waals surface area contributed by atoms with E-state index in [0.29, 0.717) is 11.6 Å². The van der Waals surface area contributed by atoms with Crippen LogP contribution in [0.5, 0.6) is 0 Å². The van der Waals surface area contributed by atoms with E-state index in [1.807, 2.05) is 10.8 Å². The zero-order chi connectivity index (χ0) is 10.8. The molecule has 0 aliphatic carbocycles. The molecule has 1 aliphatic heterocycles. The Balaban J connectivity index is 2.15. The third-order valence-electron chi connectivity index (χ3n) is 2.56. The highest BCUT2D eigenvalue weighted by Gasteiger charge is 2.19. The van der Waals surface area contributed by atoms with E-state index in [9.17, 15) is 4.79 Å². The molecule has 0 bridgehead atoms. The Hall–Kier alpha value is -0.560. The highest BCUT2D eigenvalue weighted by molar-refractivity contribution is 14.1. The van der Waals surface area contributed by atoms with Crippen LogP contribution >= 0.6 is 22.6 Å². The zero-order valence-corrected chi connectivity index (χ0v) is 10.3. The maximum Gasteiger partial charge on any atom is 0.352 e. The number of ether oxygens (including phenoxy) is 1. The van der Waals surface area contributed by atoms with Crippen LogP contribution in [-0.2, 0) is 11.3 Å². The third-order valence-corrected chi connectivity index (χ3v) is 3.15. The number of aromatic carboxylic acids is 1. The Morgan fingerprint density at radius 3 is 3.13 bits per heavy atom. The summed E-state index contributed by atoms with van der Waals surface area (Å²) in [7, 11) is 0. The molecule has 0 saturated carbocycles. The molecule has 1 N–H and O–H groups in total. The molecule has 1 saturated heterocycles. The van der Waals surface area contributed by atoms with Crippen molar-refractivity contribution in [1.82, 2.24) is 4.57 Å². The van der Waals surface area contributed by atoms with Crippen molar-refractivity contribution in [3.63, 3.8) is 0 Å². The average Bonchev–Trinajstić information content (AvgIpc) is 2.75. The summed E-state index contributed by atoms with van der Waals surface area (Å²) in [5, 5.41) is 9.00. The topological polar surface area (TPSA) is 51.5 Å². The molecule has 2 rings (SSSR count). The lowest BCUT2D eigenvalue weighted by atomic mass is 10.1. The molecule has 1 fully saturated rings. The molecule has 1 atom stereocenters. The van der Waals surface area contributed by atoms with E-state index >= 15 is 0 Å². The largest absolute Gasteiger partial charge is 0.477 e. The fraction of sp³-hybridized carbons (Fsp3) is 0.500. The third kappa shape index (κ3) is 2.52. The van der Waals surface area contributed by atoms with Crippen molar-refractivity contribution < 1.29 is 14.6 Å². The minimum atomic E-state index is -0.864. The van der Waals surface area contributed by atoms with Gasteiger partial charge >= 0.3 is 5.97 Å². The second-order valence-electron chi connectivity index (χ2n) is 3.73. The Morgan fingerprint density at radius 2 is 2.53 bits per heavy atom. The second kappa shape index (κ2) is 4.52. The van der Waals surface area contributed by atoms with Gasteiger partial charge in [0.2, 0.25) is 0 Å². The quantitative estimate of drug-likeness (QED) is 0.864. The van der Waals surface area contributed by atoms with Gasteiger partial charge in [0.1, 0.15) is 5.69 Å². The number of aromatic nitrogens is 1. The molecule has 15 heavy (non-hydrogen) atoms. The van der Waals surface area contributed by atoms with E-state index in [1.54, 1.807) is 6.07 Å². The summed E-state index contributed by atoms with van der Waals surface area (Å²) >= 11 is 2.13. The van der Waals surface area contributed by atoms with Crippen molar-refractivity contribution >= 4 is 28.6 Å². The van der Waals surface area contributed by atoms with E-state index < -0.39 is 5.97 Å². The van der Waals surface area contributed by atoms with Crippen LogP contribution in [0.4, 0.5) is 0 Å². The van der Waals surface area contributed by atoms with Crippen LogP contribution in [0.3, 0.4) is 0 Å². The molecule has 1 aromatic rings. The molecular weight excluding hydrogens is 309 g/mol. The fourth-order valence-electron chi connectivity index (χ4n) is 1.81. The second-order valence-corrected chi connectivity index (χ2v) is 4.98. The van der Waals surface area contributed by atoms with E-state index in [1.165, 1.54) is 0 Å². The summed E-state index contributed by atoms with van der Waals surface area (Å²) in [5.74, 6) is -0.414. The van der Waals surface area contributed by atoms with Gasteiger partial charge in [-0.05, 0) is 35.1 Å². The van der Waals surface area contributed by atoms with Crippen LogP contribution in [0.2, 0.25) is 0 Å². The first-order chi connectivity index (χ1) is 7.16. The van der Waals surface area contributed by atoms with Gasteiger partial charge in [-0.25, -0.2) is 4.79 Å². The lowest BCUT2D eigenvalue weighted by Gasteiger charge is -2.10. The molecule has 0 radical (unpaired) electrons. The molecule has 5 heteroatoms. The number of halogens is 1. The summed E-state index contributed by atoms with van der Waals surface area (Å²) < 4.78 is 8.04. The SMILES string of the molecule is O=C(O)c1cc(I)cn1CC1CCOC1. The summed E-state index contributed by atoms with van der Waals surface area (Å²) in [4.78, 5) is 11.0. The van der Waals surface area contributed by atoms with E-state index in [-0.39, 0.29) is 0 Å². The Kier molecular flexibility index (Phi) is 3.30. The predicted molar refractivity (Wildman–Crippen MR) is 63.0 cm³/mol. The van der Waals surface area contributed by atoms with Gasteiger partial charge in [0, 0.05) is 28.8 Å². The lowest BCUT2D eigenvalue weighted by molar-refractivity contribution is 0.0683. The predicted octanol–water partition coefficient (Wildman–Crippen LogP) is 1.83. The summed E-state index contributed by atoms with van der Waals surface area (Å²) in [6, 6.07) is 1.69. The van der Waals surface area contributed by atoms with Gasteiger partial charge < -0.3 is 14.4 Å². The van der Waals surface area contributed by atoms with Crippen molar-refractivity contribution in [2.45, 2.75) is 13.0 Å². The van der Waals surface area contributed by atoms with Crippen LogP contribution in [0.25, 0.3) is 0 Å². The van der Waals surface area contributed by atoms with Gasteiger partial charge in [0.05, 0.1) is 6.61 Å². The zero-order valence-electron chi connectivity index (χ0n) is 8.15. The molecule has 0 aromatic carbocycles. The standard InChI is InChI=1S/C10H12INO3/c11-8-3-9(10(13)14)12(5-8)4-7-1-2-15-6-7/h3,5,7H,1-2,4,6H2,(H,13,14). The summed E-state index contributed by atoms with van der Waals surface area (Å²) in [5.41, 5.74) is 0.367. The molecule has 82 valence electrons. The van der Waals surface area contributed by atoms with E-state index in [0.717, 1.165) is 29.7 Å². The average molecular weight is 321 g/mol. The first kappa shape index (κ1) is 10.9. The maximum atomic E-state index is 11.0. The van der Waals surface area contributed by atoms with Crippen molar-refractivity contribution in [3.8, 4) is 0 Å². The normalized spacial score (nSPS) is 20.7. The molecule has 1 aliphatic rings. The highest BCUT2D eigenvalue weighted by Crippen LogP contribution is 2.18. The van der Waals surface area contributed by atoms with E-state index in [2.05, 4.69) is 22.6 Å². The van der Waals surface area contributed by atoms with Crippen molar-refractivity contribution in [3.05, 3.63) is 21.5 Å². The van der Waals surface area contributed by atoms with Gasteiger partial charge in [-0.2, -0.15) is 0 Å². The Bertz CT molecular complexity index is 369. The lowest BCUT2D eigenvalue weighted by Crippen LogP contribution is -2.14. The van der Waals surface area contributed by atoms with Gasteiger partial charge in [0.15, 0.2) is 0 Å². The van der Waals surface area contributed by atoms with Crippen molar-refractivity contribution in [1.29, 1.82) is 0 Å². The first-order valence-corrected chi connectivity index (χ1v) is 5.91. The van der Waals surface area contributed by atoms with Gasteiger partial charge in [-0.3, -0.25) is 0 Å². The van der Waals surface area contributed by atoms with Crippen LogP contribution < -0.4 is 0 Å². The highest BCUT2D eigenvalue weighted by atomic mass is 127. The number of nitrogens with zero attached hydrogens (tertiary/aromatic N) is 1. The Morgan fingerprint density at radius 1 is 1.73 bits per heavy atom. The van der Waals surface area contributed by atoms with Gasteiger partial charge in [-0.1, -0.05) is 0 Å². The Labute approximate surface area is 101 Å². The summed E-state index contributed by atoms with van der Waals surface area (Å²) in [6.07, 6.45) is 2.90. The number of hydrogen-bond acceptors (Lipinski definition) is 2. The molecule has 0 amide bonds. The number of carbonyl (C=O) groups is 1. The molecule has 4 nitrogen and oxygen atoms in total. The van der Waals surface area contributed by atoms with Crippen molar-refractivity contribution in [2.75, 3.05) is 13.2 Å². The minimum Gasteiger partial charge on any atom is -0.477 e. The van der Waals surface area contributed by atoms with Crippen LogP contribution in [0, 0.1) is 9.49 Å². The maximum absolute atomic E-state index is 11.0. The molecular formula is C10H12INO3. The smallest absolute Gasteiger partial charge is 0.352 e. The number of carboxylic acid groups (broad SMARTS) is 1. The minimum absolute atomic E-state index is 0.367. The van der Waals surface area contributed by atoms with Gasteiger partial charge in [-0.15, -0.1) is 0 Å². The fourth-order valence-corrected chi connectivity index (χ4v) is 2.44. The first-order valence-electron chi connectivity index (χ1n) is 4.83. The van der Waals surface area contributed by atoms with Gasteiger partial charge in [0.25, 0.3) is 0 Å². The number of hydrogen-bond donors (Lipinski definition) is 1. The molecule has 1 unspecified atom stereocenters. The van der Waals surface area contributed by atoms with E-state index in [4.69, 9.17) is 9.84 Å². The van der Waals surface area contributed by atoms with Crippen LogP contribution in [0.15, 0.2) is 12.3 Å². The van der Waals surface area contributed by atoms with Crippen molar-refractivity contribution in [2.24, 2.45) is 5.92 Å². The molecule has 1 aromatic heterocycles. The number of rotatable bonds is 3. The van der Waals surface area contributed by atoms with Crippen LogP contribution in [-0.4, -0.2) is 28.9 Å². The van der Waals surface area contributed by atoms with Crippen LogP contribution in [0.1, 0.15) is 16.9 Å². The number of carboxylic acids is 1.